The molecular formula is C23H15ClF4N4O2. The van der Waals surface area contributed by atoms with Gasteiger partial charge in [-0.3, -0.25) is 4.98 Å². The molecule has 1 aliphatic rings. The van der Waals surface area contributed by atoms with E-state index in [0.717, 1.165) is 17.8 Å². The lowest BCUT2D eigenvalue weighted by Gasteiger charge is -2.24. The molecule has 6 nitrogen and oxygen atoms in total. The van der Waals surface area contributed by atoms with Crippen LogP contribution in [-0.4, -0.2) is 37.9 Å². The van der Waals surface area contributed by atoms with E-state index in [0.29, 0.717) is 40.9 Å². The Hall–Kier alpha value is -3.34. The summed E-state index contributed by atoms with van der Waals surface area (Å²) in [5, 5.41) is 19.8. The molecule has 0 saturated heterocycles. The summed E-state index contributed by atoms with van der Waals surface area (Å²) in [5.74, 6) is -4.03. The zero-order valence-electron chi connectivity index (χ0n) is 17.2. The Balaban J connectivity index is 1.61. The van der Waals surface area contributed by atoms with Gasteiger partial charge in [-0.05, 0) is 47.9 Å². The third kappa shape index (κ3) is 3.64. The van der Waals surface area contributed by atoms with E-state index in [1.807, 2.05) is 4.90 Å². The van der Waals surface area contributed by atoms with Gasteiger partial charge in [0.25, 0.3) is 5.79 Å². The third-order valence-electron chi connectivity index (χ3n) is 5.76. The number of anilines is 2. The maximum Gasteiger partial charge on any atom is 0.447 e. The fourth-order valence-electron chi connectivity index (χ4n) is 3.99. The monoisotopic (exact) mass is 490 g/mol. The van der Waals surface area contributed by atoms with Gasteiger partial charge in [0.15, 0.2) is 0 Å². The van der Waals surface area contributed by atoms with Gasteiger partial charge < -0.3 is 15.1 Å². The molecule has 3 heterocycles. The number of rotatable bonds is 3. The van der Waals surface area contributed by atoms with Crippen LogP contribution < -0.4 is 4.90 Å². The van der Waals surface area contributed by atoms with Crippen molar-refractivity contribution in [3.8, 4) is 11.1 Å². The Labute approximate surface area is 195 Å². The molecule has 34 heavy (non-hydrogen) atoms. The van der Waals surface area contributed by atoms with Crippen LogP contribution in [0.25, 0.3) is 22.0 Å². The molecule has 0 spiro atoms. The molecule has 0 saturated carbocycles. The van der Waals surface area contributed by atoms with Crippen molar-refractivity contribution in [3.63, 3.8) is 0 Å². The standard InChI is InChI=1S/C23H15ClF4N4O2/c24-17-8-20-13(7-18(17)25)3-4-32(20)21-16-6-12(1-2-19(16)30-11-31-21)14-5-15(10-29-9-14)22(33,34)23(26,27)28/h1-2,5-11,33-34H,3-4H2. The second-order valence-corrected chi connectivity index (χ2v) is 8.27. The van der Waals surface area contributed by atoms with E-state index in [9.17, 15) is 27.8 Å². The summed E-state index contributed by atoms with van der Waals surface area (Å²) in [5.41, 5.74) is 1.94. The molecule has 2 aromatic heterocycles. The SMILES string of the molecule is OC(O)(c1cncc(-c2ccc3ncnc(N4CCc5cc(F)c(Cl)cc54)c3c2)c1)C(F)(F)F. The zero-order valence-corrected chi connectivity index (χ0v) is 17.9. The molecular weight excluding hydrogens is 476 g/mol. The summed E-state index contributed by atoms with van der Waals surface area (Å²) in [6.07, 6.45) is -1.28. The number of nitrogens with zero attached hydrogens (tertiary/aromatic N) is 4. The van der Waals surface area contributed by atoms with Crippen molar-refractivity contribution in [1.29, 1.82) is 0 Å². The highest BCUT2D eigenvalue weighted by Crippen LogP contribution is 2.40. The molecule has 1 aliphatic heterocycles. The predicted molar refractivity (Wildman–Crippen MR) is 117 cm³/mol. The largest absolute Gasteiger partial charge is 0.447 e. The third-order valence-corrected chi connectivity index (χ3v) is 6.05. The number of halogens is 5. The summed E-state index contributed by atoms with van der Waals surface area (Å²) in [7, 11) is 0. The maximum atomic E-state index is 13.9. The molecule has 0 atom stereocenters. The van der Waals surface area contributed by atoms with Crippen molar-refractivity contribution in [2.45, 2.75) is 18.4 Å². The Morgan fingerprint density at radius 1 is 0.971 bits per heavy atom. The molecule has 0 aliphatic carbocycles. The number of aromatic nitrogens is 3. The van der Waals surface area contributed by atoms with Crippen molar-refractivity contribution in [3.05, 3.63) is 77.1 Å². The number of benzene rings is 2. The van der Waals surface area contributed by atoms with Gasteiger partial charge in [-0.15, -0.1) is 0 Å². The maximum absolute atomic E-state index is 13.9. The van der Waals surface area contributed by atoms with Crippen LogP contribution in [0.15, 0.2) is 55.1 Å². The van der Waals surface area contributed by atoms with Gasteiger partial charge >= 0.3 is 6.18 Å². The summed E-state index contributed by atoms with van der Waals surface area (Å²) < 4.78 is 53.1. The molecule has 4 aromatic rings. The lowest BCUT2D eigenvalue weighted by Crippen LogP contribution is -2.42. The van der Waals surface area contributed by atoms with E-state index in [-0.39, 0.29) is 10.6 Å². The fourth-order valence-corrected chi connectivity index (χ4v) is 4.15. The number of hydrogen-bond donors (Lipinski definition) is 2. The van der Waals surface area contributed by atoms with Gasteiger partial charge in [0.1, 0.15) is 18.0 Å². The topological polar surface area (TPSA) is 82.4 Å². The van der Waals surface area contributed by atoms with Gasteiger partial charge in [0, 0.05) is 41.1 Å². The average Bonchev–Trinajstić information content (AvgIpc) is 3.20. The number of alkyl halides is 3. The van der Waals surface area contributed by atoms with Crippen LogP contribution >= 0.6 is 11.6 Å². The normalized spacial score (nSPS) is 14.0. The van der Waals surface area contributed by atoms with Crippen LogP contribution in [0.4, 0.5) is 29.1 Å². The summed E-state index contributed by atoms with van der Waals surface area (Å²) in [6.45, 7) is 0.519. The van der Waals surface area contributed by atoms with Gasteiger partial charge in [-0.1, -0.05) is 17.7 Å². The van der Waals surface area contributed by atoms with E-state index in [4.69, 9.17) is 11.6 Å². The Morgan fingerprint density at radius 2 is 1.76 bits per heavy atom. The second-order valence-electron chi connectivity index (χ2n) is 7.86. The highest BCUT2D eigenvalue weighted by molar-refractivity contribution is 6.31. The van der Waals surface area contributed by atoms with Crippen molar-refractivity contribution in [1.82, 2.24) is 15.0 Å². The first-order valence-electron chi connectivity index (χ1n) is 10.0. The first-order chi connectivity index (χ1) is 16.1. The van der Waals surface area contributed by atoms with E-state index < -0.39 is 23.3 Å². The van der Waals surface area contributed by atoms with Gasteiger partial charge in [0.2, 0.25) is 0 Å². The number of hydrogen-bond acceptors (Lipinski definition) is 6. The van der Waals surface area contributed by atoms with Crippen LogP contribution in [0.5, 0.6) is 0 Å². The second kappa shape index (κ2) is 7.86. The van der Waals surface area contributed by atoms with Crippen molar-refractivity contribution in [2.75, 3.05) is 11.4 Å². The minimum Gasteiger partial charge on any atom is -0.355 e. The van der Waals surface area contributed by atoms with E-state index in [1.165, 1.54) is 24.7 Å². The van der Waals surface area contributed by atoms with Crippen LogP contribution in [0.1, 0.15) is 11.1 Å². The molecule has 0 amide bonds. The molecule has 5 rings (SSSR count). The highest BCUT2D eigenvalue weighted by atomic mass is 35.5. The van der Waals surface area contributed by atoms with E-state index in [1.54, 1.807) is 18.2 Å². The van der Waals surface area contributed by atoms with Crippen molar-refractivity contribution < 1.29 is 27.8 Å². The first-order valence-corrected chi connectivity index (χ1v) is 10.4. The Bertz CT molecular complexity index is 1430. The smallest absolute Gasteiger partial charge is 0.355 e. The zero-order chi connectivity index (χ0) is 24.3. The van der Waals surface area contributed by atoms with Crippen molar-refractivity contribution in [2.24, 2.45) is 0 Å². The van der Waals surface area contributed by atoms with E-state index in [2.05, 4.69) is 15.0 Å². The number of fused-ring (bicyclic) bond motifs is 2. The number of pyridine rings is 1. The number of aliphatic hydroxyl groups is 2. The minimum atomic E-state index is -5.30. The minimum absolute atomic E-state index is 0.0197. The molecule has 0 bridgehead atoms. The van der Waals surface area contributed by atoms with Gasteiger partial charge in [-0.2, -0.15) is 13.2 Å². The molecule has 2 N–H and O–H groups in total. The fraction of sp³-hybridized carbons (Fsp3) is 0.174. The predicted octanol–water partition coefficient (Wildman–Crippen LogP) is 4.88. The van der Waals surface area contributed by atoms with Crippen LogP contribution in [0, 0.1) is 5.82 Å². The van der Waals surface area contributed by atoms with Crippen LogP contribution in [0.3, 0.4) is 0 Å². The summed E-state index contributed by atoms with van der Waals surface area (Å²) in [4.78, 5) is 14.3. The molecule has 174 valence electrons. The summed E-state index contributed by atoms with van der Waals surface area (Å²) >= 11 is 5.99. The van der Waals surface area contributed by atoms with E-state index >= 15 is 0 Å². The molecule has 0 radical (unpaired) electrons. The van der Waals surface area contributed by atoms with Crippen LogP contribution in [-0.2, 0) is 12.2 Å². The first kappa shape index (κ1) is 22.5. The molecule has 11 heteroatoms. The van der Waals surface area contributed by atoms with Crippen LogP contribution in [0.2, 0.25) is 5.02 Å². The Morgan fingerprint density at radius 3 is 2.53 bits per heavy atom. The van der Waals surface area contributed by atoms with Gasteiger partial charge in [-0.25, -0.2) is 14.4 Å². The van der Waals surface area contributed by atoms with Crippen molar-refractivity contribution >= 4 is 34.0 Å². The summed E-state index contributed by atoms with van der Waals surface area (Å²) in [6, 6.07) is 8.92. The lowest BCUT2D eigenvalue weighted by molar-refractivity contribution is -0.358. The highest BCUT2D eigenvalue weighted by Gasteiger charge is 2.54. The Kier molecular flexibility index (Phi) is 5.19. The molecule has 0 unspecified atom stereocenters. The van der Waals surface area contributed by atoms with Gasteiger partial charge in [0.05, 0.1) is 10.5 Å². The average molecular weight is 491 g/mol. The lowest BCUT2D eigenvalue weighted by atomic mass is 10.0. The molecule has 2 aromatic carbocycles. The molecule has 0 fully saturated rings. The quantitative estimate of drug-likeness (QED) is 0.315.